The molecule has 1 aromatic carbocycles. The summed E-state index contributed by atoms with van der Waals surface area (Å²) < 4.78 is 0. The first-order chi connectivity index (χ1) is 14.1. The maximum atomic E-state index is 12.7. The van der Waals surface area contributed by atoms with Crippen LogP contribution in [0, 0.1) is 0 Å². The number of imide groups is 1. The summed E-state index contributed by atoms with van der Waals surface area (Å²) >= 11 is 1.61. The van der Waals surface area contributed by atoms with Gasteiger partial charge in [0.25, 0.3) is 5.91 Å². The highest BCUT2D eigenvalue weighted by atomic mass is 32.1. The number of benzene rings is 1. The van der Waals surface area contributed by atoms with Crippen LogP contribution in [0.2, 0.25) is 0 Å². The Morgan fingerprint density at radius 3 is 2.59 bits per heavy atom. The molecule has 0 radical (unpaired) electrons. The second-order valence-electron chi connectivity index (χ2n) is 7.75. The van der Waals surface area contributed by atoms with Crippen molar-refractivity contribution >= 4 is 29.2 Å². The highest BCUT2D eigenvalue weighted by Crippen LogP contribution is 2.35. The van der Waals surface area contributed by atoms with Crippen molar-refractivity contribution in [3.63, 3.8) is 0 Å². The lowest BCUT2D eigenvalue weighted by Crippen LogP contribution is -2.44. The summed E-state index contributed by atoms with van der Waals surface area (Å²) in [6.45, 7) is 0.112. The monoisotopic (exact) mass is 411 g/mol. The molecule has 1 spiro atoms. The SMILES string of the molecule is O=C(CCN1C(=O)NC2(CCCC2)C1=O)NC(Cc1ccccc1)c1cccs1. The lowest BCUT2D eigenvalue weighted by molar-refractivity contribution is -0.131. The molecule has 4 rings (SSSR count). The second kappa shape index (κ2) is 8.37. The second-order valence-corrected chi connectivity index (χ2v) is 8.73. The largest absolute Gasteiger partial charge is 0.348 e. The van der Waals surface area contributed by atoms with E-state index >= 15 is 0 Å². The zero-order valence-corrected chi connectivity index (χ0v) is 17.0. The molecule has 1 aliphatic heterocycles. The van der Waals surface area contributed by atoms with Crippen LogP contribution in [0.3, 0.4) is 0 Å². The quantitative estimate of drug-likeness (QED) is 0.686. The Hall–Kier alpha value is -2.67. The van der Waals surface area contributed by atoms with Crippen LogP contribution in [0.25, 0.3) is 0 Å². The number of carbonyl (C=O) groups is 3. The van der Waals surface area contributed by atoms with E-state index in [1.54, 1.807) is 11.3 Å². The van der Waals surface area contributed by atoms with Gasteiger partial charge in [0.1, 0.15) is 5.54 Å². The molecule has 2 N–H and O–H groups in total. The number of carbonyl (C=O) groups excluding carboxylic acids is 3. The van der Waals surface area contributed by atoms with Gasteiger partial charge in [0, 0.05) is 17.8 Å². The average molecular weight is 412 g/mol. The van der Waals surface area contributed by atoms with Gasteiger partial charge in [-0.2, -0.15) is 0 Å². The number of amides is 4. The number of nitrogens with zero attached hydrogens (tertiary/aromatic N) is 1. The Morgan fingerprint density at radius 1 is 1.14 bits per heavy atom. The molecule has 2 fully saturated rings. The minimum Gasteiger partial charge on any atom is -0.348 e. The van der Waals surface area contributed by atoms with Crippen LogP contribution in [0.15, 0.2) is 47.8 Å². The molecule has 2 heterocycles. The fourth-order valence-corrected chi connectivity index (χ4v) is 5.02. The van der Waals surface area contributed by atoms with E-state index < -0.39 is 5.54 Å². The van der Waals surface area contributed by atoms with Crippen molar-refractivity contribution in [2.45, 2.75) is 50.1 Å². The van der Waals surface area contributed by atoms with Crippen LogP contribution in [0.5, 0.6) is 0 Å². The fraction of sp³-hybridized carbons (Fsp3) is 0.409. The molecule has 6 nitrogen and oxygen atoms in total. The van der Waals surface area contributed by atoms with Gasteiger partial charge in [0.05, 0.1) is 6.04 Å². The third-order valence-electron chi connectivity index (χ3n) is 5.77. The number of thiophene rings is 1. The van der Waals surface area contributed by atoms with Crippen molar-refractivity contribution in [2.75, 3.05) is 6.54 Å². The van der Waals surface area contributed by atoms with E-state index in [0.717, 1.165) is 23.3 Å². The highest BCUT2D eigenvalue weighted by Gasteiger charge is 2.52. The van der Waals surface area contributed by atoms with Crippen molar-refractivity contribution in [1.29, 1.82) is 0 Å². The standard InChI is InChI=1S/C22H25N3O3S/c26-19(10-13-25-20(27)22(24-21(25)28)11-4-5-12-22)23-17(18-9-6-14-29-18)15-16-7-2-1-3-8-16/h1-3,6-9,14,17H,4-5,10-13,15H2,(H,23,26)(H,24,28). The van der Waals surface area contributed by atoms with E-state index in [1.807, 2.05) is 47.8 Å². The Bertz CT molecular complexity index is 876. The van der Waals surface area contributed by atoms with Crippen LogP contribution >= 0.6 is 11.3 Å². The first-order valence-corrected chi connectivity index (χ1v) is 11.0. The zero-order chi connectivity index (χ0) is 20.3. The van der Waals surface area contributed by atoms with Crippen molar-refractivity contribution in [1.82, 2.24) is 15.5 Å². The van der Waals surface area contributed by atoms with Gasteiger partial charge in [-0.1, -0.05) is 49.2 Å². The molecule has 2 aliphatic rings. The molecule has 2 aromatic rings. The fourth-order valence-electron chi connectivity index (χ4n) is 4.24. The molecule has 1 aromatic heterocycles. The normalized spacial score (nSPS) is 18.8. The lowest BCUT2D eigenvalue weighted by atomic mass is 9.98. The van der Waals surface area contributed by atoms with Crippen molar-refractivity contribution in [3.8, 4) is 0 Å². The van der Waals surface area contributed by atoms with E-state index in [4.69, 9.17) is 0 Å². The number of nitrogens with one attached hydrogen (secondary N) is 2. The van der Waals surface area contributed by atoms with Crippen LogP contribution in [0.1, 0.15) is 48.6 Å². The molecule has 1 atom stereocenters. The van der Waals surface area contributed by atoms with Crippen LogP contribution in [0.4, 0.5) is 4.79 Å². The zero-order valence-electron chi connectivity index (χ0n) is 16.2. The van der Waals surface area contributed by atoms with Gasteiger partial charge < -0.3 is 10.6 Å². The molecule has 1 saturated carbocycles. The minimum absolute atomic E-state index is 0.103. The molecule has 1 aliphatic carbocycles. The summed E-state index contributed by atoms with van der Waals surface area (Å²) in [5.74, 6) is -0.334. The van der Waals surface area contributed by atoms with E-state index in [9.17, 15) is 14.4 Å². The first-order valence-electron chi connectivity index (χ1n) is 10.1. The Labute approximate surface area is 174 Å². The van der Waals surface area contributed by atoms with E-state index in [1.165, 1.54) is 4.90 Å². The number of hydrogen-bond acceptors (Lipinski definition) is 4. The smallest absolute Gasteiger partial charge is 0.325 e. The first kappa shape index (κ1) is 19.6. The third-order valence-corrected chi connectivity index (χ3v) is 6.76. The molecule has 152 valence electrons. The van der Waals surface area contributed by atoms with Crippen molar-refractivity contribution in [2.24, 2.45) is 0 Å². The van der Waals surface area contributed by atoms with Gasteiger partial charge in [-0.15, -0.1) is 11.3 Å². The summed E-state index contributed by atoms with van der Waals surface area (Å²) in [6, 6.07) is 13.5. The van der Waals surface area contributed by atoms with E-state index in [-0.39, 0.29) is 36.9 Å². The van der Waals surface area contributed by atoms with Gasteiger partial charge in [0.15, 0.2) is 0 Å². The maximum Gasteiger partial charge on any atom is 0.325 e. The summed E-state index contributed by atoms with van der Waals surface area (Å²) in [5.41, 5.74) is 0.420. The molecule has 7 heteroatoms. The summed E-state index contributed by atoms with van der Waals surface area (Å²) in [5, 5.41) is 7.93. The van der Waals surface area contributed by atoms with Gasteiger partial charge in [-0.25, -0.2) is 4.79 Å². The average Bonchev–Trinajstić information content (AvgIpc) is 3.45. The van der Waals surface area contributed by atoms with Crippen molar-refractivity contribution in [3.05, 3.63) is 58.3 Å². The van der Waals surface area contributed by atoms with Crippen LogP contribution in [-0.2, 0) is 16.0 Å². The third kappa shape index (κ3) is 4.19. The van der Waals surface area contributed by atoms with Crippen molar-refractivity contribution < 1.29 is 14.4 Å². The van der Waals surface area contributed by atoms with Crippen LogP contribution < -0.4 is 10.6 Å². The van der Waals surface area contributed by atoms with Gasteiger partial charge in [0.2, 0.25) is 5.91 Å². The van der Waals surface area contributed by atoms with Gasteiger partial charge >= 0.3 is 6.03 Å². The summed E-state index contributed by atoms with van der Waals surface area (Å²) in [6.07, 6.45) is 4.07. The molecule has 0 bridgehead atoms. The lowest BCUT2D eigenvalue weighted by Gasteiger charge is -2.21. The molecule has 1 unspecified atom stereocenters. The van der Waals surface area contributed by atoms with E-state index in [0.29, 0.717) is 19.3 Å². The maximum absolute atomic E-state index is 12.7. The molecule has 1 saturated heterocycles. The molecule has 4 amide bonds. The number of urea groups is 1. The summed E-state index contributed by atoms with van der Waals surface area (Å²) in [4.78, 5) is 39.9. The molecular weight excluding hydrogens is 386 g/mol. The Balaban J connectivity index is 1.37. The molecular formula is C22H25N3O3S. The Kier molecular flexibility index (Phi) is 5.67. The molecule has 29 heavy (non-hydrogen) atoms. The highest BCUT2D eigenvalue weighted by molar-refractivity contribution is 7.10. The van der Waals surface area contributed by atoms with E-state index in [2.05, 4.69) is 10.6 Å². The van der Waals surface area contributed by atoms with Gasteiger partial charge in [-0.05, 0) is 36.3 Å². The number of rotatable bonds is 7. The predicted octanol–water partition coefficient (Wildman–Crippen LogP) is 3.40. The minimum atomic E-state index is -0.722. The summed E-state index contributed by atoms with van der Waals surface area (Å²) in [7, 11) is 0. The predicted molar refractivity (Wildman–Crippen MR) is 111 cm³/mol. The topological polar surface area (TPSA) is 78.5 Å². The Morgan fingerprint density at radius 2 is 1.90 bits per heavy atom. The van der Waals surface area contributed by atoms with Crippen LogP contribution in [-0.4, -0.2) is 34.8 Å². The van der Waals surface area contributed by atoms with Gasteiger partial charge in [-0.3, -0.25) is 14.5 Å². The number of hydrogen-bond donors (Lipinski definition) is 2.